The number of aliphatic hydroxyl groups is 1. The van der Waals surface area contributed by atoms with E-state index in [-0.39, 0.29) is 6.61 Å². The number of nitrogens with zero attached hydrogens (tertiary/aromatic N) is 2. The number of aromatic nitrogens is 1. The first-order chi connectivity index (χ1) is 9.74. The molecule has 0 unspecified atom stereocenters. The third-order valence-corrected chi connectivity index (χ3v) is 3.43. The normalized spacial score (nSPS) is 11.2. The zero-order chi connectivity index (χ0) is 14.4. The van der Waals surface area contributed by atoms with Gasteiger partial charge in [-0.05, 0) is 30.8 Å². The minimum atomic E-state index is 0.171. The lowest BCUT2D eigenvalue weighted by molar-refractivity contribution is 0.174. The molecule has 5 heteroatoms. The molecular weight excluding hydrogens is 276 g/mol. The number of hydrogen-bond donors (Lipinski definition) is 1. The smallest absolute Gasteiger partial charge is 0.130 e. The van der Waals surface area contributed by atoms with Crippen LogP contribution in [-0.4, -0.2) is 47.8 Å². The molecule has 4 nitrogen and oxygen atoms in total. The molecule has 2 aromatic rings. The van der Waals surface area contributed by atoms with Gasteiger partial charge < -0.3 is 9.84 Å². The van der Waals surface area contributed by atoms with Crippen molar-refractivity contribution < 1.29 is 9.84 Å². The number of hydrogen-bond acceptors (Lipinski definition) is 4. The number of pyridine rings is 1. The van der Waals surface area contributed by atoms with Crippen LogP contribution in [0.2, 0.25) is 5.02 Å². The summed E-state index contributed by atoms with van der Waals surface area (Å²) in [5.41, 5.74) is 0.831. The summed E-state index contributed by atoms with van der Waals surface area (Å²) in [5.74, 6) is 0.812. The van der Waals surface area contributed by atoms with E-state index in [4.69, 9.17) is 21.4 Å². The summed E-state index contributed by atoms with van der Waals surface area (Å²) >= 11 is 5.96. The SMILES string of the molecule is CCN(CCO)CCOc1ccnc2cc(Cl)ccc12. The summed E-state index contributed by atoms with van der Waals surface area (Å²) < 4.78 is 5.83. The van der Waals surface area contributed by atoms with Crippen molar-refractivity contribution >= 4 is 22.5 Å². The number of aliphatic hydroxyl groups excluding tert-OH is 1. The topological polar surface area (TPSA) is 45.6 Å². The van der Waals surface area contributed by atoms with E-state index in [1.807, 2.05) is 24.3 Å². The largest absolute Gasteiger partial charge is 0.491 e. The van der Waals surface area contributed by atoms with Crippen LogP contribution in [-0.2, 0) is 0 Å². The average Bonchev–Trinajstić information content (AvgIpc) is 2.46. The molecular formula is C15H19ClN2O2. The lowest BCUT2D eigenvalue weighted by Gasteiger charge is -2.19. The van der Waals surface area contributed by atoms with Gasteiger partial charge in [-0.3, -0.25) is 9.88 Å². The van der Waals surface area contributed by atoms with Crippen molar-refractivity contribution in [3.05, 3.63) is 35.5 Å². The van der Waals surface area contributed by atoms with E-state index in [1.165, 1.54) is 0 Å². The van der Waals surface area contributed by atoms with Gasteiger partial charge in [0, 0.05) is 29.7 Å². The van der Waals surface area contributed by atoms with Crippen LogP contribution in [0.1, 0.15) is 6.92 Å². The van der Waals surface area contributed by atoms with Crippen LogP contribution >= 0.6 is 11.6 Å². The second-order valence-electron chi connectivity index (χ2n) is 4.48. The maximum atomic E-state index is 8.95. The molecule has 0 aliphatic carbocycles. The quantitative estimate of drug-likeness (QED) is 0.852. The minimum absolute atomic E-state index is 0.171. The molecule has 0 radical (unpaired) electrons. The zero-order valence-corrected chi connectivity index (χ0v) is 12.3. The number of rotatable bonds is 7. The highest BCUT2D eigenvalue weighted by Crippen LogP contribution is 2.26. The molecule has 1 aromatic heterocycles. The molecule has 0 atom stereocenters. The van der Waals surface area contributed by atoms with Crippen molar-refractivity contribution in [3.63, 3.8) is 0 Å². The highest BCUT2D eigenvalue weighted by Gasteiger charge is 2.05. The standard InChI is InChI=1S/C15H19ClN2O2/c1-2-18(7-9-19)8-10-20-15-5-6-17-14-11-12(16)3-4-13(14)15/h3-6,11,19H,2,7-10H2,1H3. The molecule has 2 rings (SSSR count). The van der Waals surface area contributed by atoms with Gasteiger partial charge in [-0.15, -0.1) is 0 Å². The van der Waals surface area contributed by atoms with E-state index in [0.29, 0.717) is 18.2 Å². The van der Waals surface area contributed by atoms with Gasteiger partial charge in [-0.2, -0.15) is 0 Å². The van der Waals surface area contributed by atoms with Crippen molar-refractivity contribution in [2.45, 2.75) is 6.92 Å². The molecule has 1 N–H and O–H groups in total. The Morgan fingerprint density at radius 1 is 1.30 bits per heavy atom. The minimum Gasteiger partial charge on any atom is -0.491 e. The first-order valence-corrected chi connectivity index (χ1v) is 7.12. The third-order valence-electron chi connectivity index (χ3n) is 3.19. The summed E-state index contributed by atoms with van der Waals surface area (Å²) in [6.45, 7) is 5.18. The van der Waals surface area contributed by atoms with Gasteiger partial charge >= 0.3 is 0 Å². The fraction of sp³-hybridized carbons (Fsp3) is 0.400. The summed E-state index contributed by atoms with van der Waals surface area (Å²) in [6.07, 6.45) is 1.72. The van der Waals surface area contributed by atoms with Crippen LogP contribution in [0.15, 0.2) is 30.5 Å². The van der Waals surface area contributed by atoms with E-state index in [2.05, 4.69) is 16.8 Å². The van der Waals surface area contributed by atoms with Gasteiger partial charge in [-0.1, -0.05) is 18.5 Å². The molecule has 0 saturated heterocycles. The van der Waals surface area contributed by atoms with Crippen LogP contribution in [0.3, 0.4) is 0 Å². The van der Waals surface area contributed by atoms with Gasteiger partial charge in [0.25, 0.3) is 0 Å². The van der Waals surface area contributed by atoms with Crippen molar-refractivity contribution in [2.24, 2.45) is 0 Å². The van der Waals surface area contributed by atoms with Crippen LogP contribution in [0, 0.1) is 0 Å². The van der Waals surface area contributed by atoms with Gasteiger partial charge in [0.05, 0.1) is 12.1 Å². The molecule has 1 aromatic carbocycles. The van der Waals surface area contributed by atoms with E-state index in [1.54, 1.807) is 6.20 Å². The van der Waals surface area contributed by atoms with Gasteiger partial charge in [0.1, 0.15) is 12.4 Å². The molecule has 108 valence electrons. The molecule has 0 aliphatic heterocycles. The molecule has 20 heavy (non-hydrogen) atoms. The summed E-state index contributed by atoms with van der Waals surface area (Å²) in [4.78, 5) is 6.42. The highest BCUT2D eigenvalue weighted by atomic mass is 35.5. The maximum absolute atomic E-state index is 8.95. The predicted molar refractivity (Wildman–Crippen MR) is 81.4 cm³/mol. The Labute approximate surface area is 123 Å². The monoisotopic (exact) mass is 294 g/mol. The molecule has 0 bridgehead atoms. The second kappa shape index (κ2) is 7.43. The fourth-order valence-corrected chi connectivity index (χ4v) is 2.24. The van der Waals surface area contributed by atoms with Crippen LogP contribution < -0.4 is 4.74 Å². The van der Waals surface area contributed by atoms with E-state index in [9.17, 15) is 0 Å². The Morgan fingerprint density at radius 2 is 2.15 bits per heavy atom. The number of benzene rings is 1. The Bertz CT molecular complexity index is 563. The average molecular weight is 295 g/mol. The van der Waals surface area contributed by atoms with E-state index < -0.39 is 0 Å². The Morgan fingerprint density at radius 3 is 2.90 bits per heavy atom. The summed E-state index contributed by atoms with van der Waals surface area (Å²) in [5, 5.41) is 10.6. The van der Waals surface area contributed by atoms with Crippen molar-refractivity contribution in [1.82, 2.24) is 9.88 Å². The Balaban J connectivity index is 2.03. The van der Waals surface area contributed by atoms with Gasteiger partial charge in [0.2, 0.25) is 0 Å². The number of fused-ring (bicyclic) bond motifs is 1. The zero-order valence-electron chi connectivity index (χ0n) is 11.6. The van der Waals surface area contributed by atoms with Crippen LogP contribution in [0.5, 0.6) is 5.75 Å². The second-order valence-corrected chi connectivity index (χ2v) is 4.91. The first kappa shape index (κ1) is 15.0. The summed E-state index contributed by atoms with van der Waals surface area (Å²) in [6, 6.07) is 7.44. The molecule has 0 spiro atoms. The molecule has 0 fully saturated rings. The lowest BCUT2D eigenvalue weighted by atomic mass is 10.2. The molecule has 1 heterocycles. The fourth-order valence-electron chi connectivity index (χ4n) is 2.08. The van der Waals surface area contributed by atoms with Crippen LogP contribution in [0.25, 0.3) is 10.9 Å². The molecule has 0 aliphatic rings. The summed E-state index contributed by atoms with van der Waals surface area (Å²) in [7, 11) is 0. The molecule has 0 amide bonds. The Hall–Kier alpha value is -1.36. The maximum Gasteiger partial charge on any atom is 0.130 e. The van der Waals surface area contributed by atoms with Crippen molar-refractivity contribution in [1.29, 1.82) is 0 Å². The number of likely N-dealkylation sites (N-methyl/N-ethyl adjacent to an activating group) is 1. The van der Waals surface area contributed by atoms with Crippen LogP contribution in [0.4, 0.5) is 0 Å². The van der Waals surface area contributed by atoms with Gasteiger partial charge in [0.15, 0.2) is 0 Å². The lowest BCUT2D eigenvalue weighted by Crippen LogP contribution is -2.30. The van der Waals surface area contributed by atoms with Crippen molar-refractivity contribution in [3.8, 4) is 5.75 Å². The third kappa shape index (κ3) is 3.82. The van der Waals surface area contributed by atoms with E-state index in [0.717, 1.165) is 29.7 Å². The highest BCUT2D eigenvalue weighted by molar-refractivity contribution is 6.31. The molecule has 0 saturated carbocycles. The predicted octanol–water partition coefficient (Wildman–Crippen LogP) is 2.58. The Kier molecular flexibility index (Phi) is 5.59. The van der Waals surface area contributed by atoms with Gasteiger partial charge in [-0.25, -0.2) is 0 Å². The first-order valence-electron chi connectivity index (χ1n) is 6.75. The van der Waals surface area contributed by atoms with E-state index >= 15 is 0 Å². The number of halogens is 1. The number of ether oxygens (including phenoxy) is 1. The van der Waals surface area contributed by atoms with Crippen molar-refractivity contribution in [2.75, 3.05) is 32.8 Å².